The molecule has 0 aromatic heterocycles. The Morgan fingerprint density at radius 1 is 1.28 bits per heavy atom. The first-order chi connectivity index (χ1) is 11.8. The number of piperidine rings is 1. The van der Waals surface area contributed by atoms with E-state index < -0.39 is 0 Å². The summed E-state index contributed by atoms with van der Waals surface area (Å²) in [6.45, 7) is 7.61. The van der Waals surface area contributed by atoms with Gasteiger partial charge in [-0.25, -0.2) is 0 Å². The lowest BCUT2D eigenvalue weighted by Gasteiger charge is -2.32. The van der Waals surface area contributed by atoms with Gasteiger partial charge >= 0.3 is 0 Å². The topological polar surface area (TPSA) is 48.9 Å². The number of likely N-dealkylation sites (tertiary alicyclic amines) is 1. The van der Waals surface area contributed by atoms with Gasteiger partial charge in [0.2, 0.25) is 0 Å². The van der Waals surface area contributed by atoms with Gasteiger partial charge in [-0.15, -0.1) is 24.0 Å². The quantitative estimate of drug-likeness (QED) is 0.405. The molecule has 25 heavy (non-hydrogen) atoms. The van der Waals surface area contributed by atoms with Crippen molar-refractivity contribution >= 4 is 29.9 Å². The molecule has 3 rings (SSSR count). The molecule has 140 valence electrons. The van der Waals surface area contributed by atoms with Crippen LogP contribution in [0.1, 0.15) is 25.3 Å². The highest BCUT2D eigenvalue weighted by atomic mass is 127. The first-order valence-electron chi connectivity index (χ1n) is 9.20. The number of hydrogen-bond acceptors (Lipinski definition) is 3. The van der Waals surface area contributed by atoms with Crippen LogP contribution in [0, 0.1) is 5.92 Å². The lowest BCUT2D eigenvalue weighted by molar-refractivity contribution is 0.183. The maximum Gasteiger partial charge on any atom is 0.191 e. The lowest BCUT2D eigenvalue weighted by Crippen LogP contribution is -2.46. The van der Waals surface area contributed by atoms with Crippen molar-refractivity contribution < 1.29 is 4.74 Å². The third-order valence-electron chi connectivity index (χ3n) is 5.04. The summed E-state index contributed by atoms with van der Waals surface area (Å²) in [5, 5.41) is 6.90. The molecule has 0 spiro atoms. The van der Waals surface area contributed by atoms with Crippen molar-refractivity contribution in [3.05, 3.63) is 29.8 Å². The smallest absolute Gasteiger partial charge is 0.191 e. The Balaban J connectivity index is 0.00000225. The molecule has 6 heteroatoms. The van der Waals surface area contributed by atoms with Crippen molar-refractivity contribution in [2.75, 3.05) is 39.8 Å². The van der Waals surface area contributed by atoms with Crippen LogP contribution < -0.4 is 15.4 Å². The molecule has 0 radical (unpaired) electrons. The average Bonchev–Trinajstić information content (AvgIpc) is 3.05. The number of guanidine groups is 1. The molecule has 0 aliphatic carbocycles. The van der Waals surface area contributed by atoms with Gasteiger partial charge < -0.3 is 20.3 Å². The summed E-state index contributed by atoms with van der Waals surface area (Å²) in [5.74, 6) is 2.61. The van der Waals surface area contributed by atoms with E-state index in [9.17, 15) is 0 Å². The number of hydrogen-bond donors (Lipinski definition) is 2. The van der Waals surface area contributed by atoms with Crippen LogP contribution in [0.4, 0.5) is 0 Å². The fourth-order valence-corrected chi connectivity index (χ4v) is 3.65. The number of halogens is 1. The van der Waals surface area contributed by atoms with Crippen LogP contribution in [0.2, 0.25) is 0 Å². The monoisotopic (exact) mass is 458 g/mol. The number of nitrogens with zero attached hydrogens (tertiary/aromatic N) is 2. The molecule has 2 atom stereocenters. The zero-order valence-corrected chi connectivity index (χ0v) is 17.7. The van der Waals surface area contributed by atoms with E-state index >= 15 is 0 Å². The van der Waals surface area contributed by atoms with E-state index in [1.165, 1.54) is 31.5 Å². The van der Waals surface area contributed by atoms with Gasteiger partial charge in [-0.3, -0.25) is 4.99 Å². The maximum atomic E-state index is 5.97. The molecular weight excluding hydrogens is 427 g/mol. The molecule has 1 saturated heterocycles. The molecule has 0 saturated carbocycles. The number of rotatable bonds is 5. The van der Waals surface area contributed by atoms with Crippen LogP contribution >= 0.6 is 24.0 Å². The third kappa shape index (κ3) is 5.74. The molecule has 2 aliphatic heterocycles. The number of aliphatic imine (C=N–C) groups is 1. The van der Waals surface area contributed by atoms with Crippen LogP contribution in [0.5, 0.6) is 5.75 Å². The van der Waals surface area contributed by atoms with E-state index in [2.05, 4.69) is 39.6 Å². The minimum absolute atomic E-state index is 0. The largest absolute Gasteiger partial charge is 0.488 e. The van der Waals surface area contributed by atoms with Gasteiger partial charge in [0.05, 0.1) is 6.54 Å². The van der Waals surface area contributed by atoms with Crippen LogP contribution in [-0.2, 0) is 6.42 Å². The first-order valence-corrected chi connectivity index (χ1v) is 9.20. The van der Waals surface area contributed by atoms with E-state index in [0.717, 1.165) is 37.8 Å². The van der Waals surface area contributed by atoms with Gasteiger partial charge in [0.1, 0.15) is 11.9 Å². The third-order valence-corrected chi connectivity index (χ3v) is 5.04. The van der Waals surface area contributed by atoms with Crippen molar-refractivity contribution in [1.29, 1.82) is 0 Å². The van der Waals surface area contributed by atoms with E-state index in [0.29, 0.717) is 5.92 Å². The van der Waals surface area contributed by atoms with Gasteiger partial charge in [0.25, 0.3) is 0 Å². The highest BCUT2D eigenvalue weighted by Gasteiger charge is 2.23. The summed E-state index contributed by atoms with van der Waals surface area (Å²) in [5.41, 5.74) is 1.30. The summed E-state index contributed by atoms with van der Waals surface area (Å²) < 4.78 is 5.97. The van der Waals surface area contributed by atoms with Gasteiger partial charge in [-0.05, 0) is 43.5 Å². The number of benzene rings is 1. The molecule has 2 heterocycles. The highest BCUT2D eigenvalue weighted by molar-refractivity contribution is 14.0. The van der Waals surface area contributed by atoms with E-state index in [1.807, 2.05) is 19.2 Å². The summed E-state index contributed by atoms with van der Waals surface area (Å²) >= 11 is 0. The van der Waals surface area contributed by atoms with Crippen molar-refractivity contribution in [3.63, 3.8) is 0 Å². The minimum atomic E-state index is 0. The first kappa shape index (κ1) is 20.3. The predicted octanol–water partition coefficient (Wildman–Crippen LogP) is 2.51. The zero-order chi connectivity index (χ0) is 16.8. The second kappa shape index (κ2) is 10.2. The molecule has 1 aromatic carbocycles. The van der Waals surface area contributed by atoms with Crippen molar-refractivity contribution in [3.8, 4) is 5.75 Å². The Hall–Kier alpha value is -1.02. The second-order valence-corrected chi connectivity index (χ2v) is 6.79. The number of ether oxygens (including phenoxy) is 1. The number of para-hydroxylation sites is 1. The number of nitrogens with one attached hydrogen (secondary N) is 2. The Bertz CT molecular complexity index is 541. The number of fused-ring (bicyclic) bond motifs is 1. The van der Waals surface area contributed by atoms with E-state index in [4.69, 9.17) is 4.74 Å². The van der Waals surface area contributed by atoms with Gasteiger partial charge in [-0.2, -0.15) is 0 Å². The predicted molar refractivity (Wildman–Crippen MR) is 114 cm³/mol. The van der Waals surface area contributed by atoms with Crippen LogP contribution in [0.15, 0.2) is 29.3 Å². The zero-order valence-electron chi connectivity index (χ0n) is 15.3. The van der Waals surface area contributed by atoms with E-state index in [1.54, 1.807) is 0 Å². The summed E-state index contributed by atoms with van der Waals surface area (Å²) in [6, 6.07) is 8.29. The van der Waals surface area contributed by atoms with E-state index in [-0.39, 0.29) is 30.1 Å². The van der Waals surface area contributed by atoms with Gasteiger partial charge in [0.15, 0.2) is 5.96 Å². The van der Waals surface area contributed by atoms with Crippen molar-refractivity contribution in [2.24, 2.45) is 10.9 Å². The molecule has 2 N–H and O–H groups in total. The highest BCUT2D eigenvalue weighted by Crippen LogP contribution is 2.27. The normalized spacial score (nSPS) is 23.4. The Morgan fingerprint density at radius 2 is 2.08 bits per heavy atom. The second-order valence-electron chi connectivity index (χ2n) is 6.79. The average molecular weight is 458 g/mol. The maximum absolute atomic E-state index is 5.97. The summed E-state index contributed by atoms with van der Waals surface area (Å²) in [7, 11) is 1.83. The molecule has 1 aromatic rings. The fourth-order valence-electron chi connectivity index (χ4n) is 3.65. The molecule has 2 unspecified atom stereocenters. The summed E-state index contributed by atoms with van der Waals surface area (Å²) in [6.07, 6.45) is 3.77. The Kier molecular flexibility index (Phi) is 8.29. The Morgan fingerprint density at radius 3 is 2.84 bits per heavy atom. The van der Waals surface area contributed by atoms with Crippen LogP contribution in [0.25, 0.3) is 0 Å². The lowest BCUT2D eigenvalue weighted by atomic mass is 9.98. The van der Waals surface area contributed by atoms with Crippen LogP contribution in [0.3, 0.4) is 0 Å². The molecule has 2 aliphatic rings. The standard InChI is InChI=1S/C19H30N4O.HI/c1-3-23-10-6-7-15(14-23)12-21-19(20-2)22-13-17-11-16-8-4-5-9-18(16)24-17;/h4-5,8-9,15,17H,3,6-7,10-14H2,1-2H3,(H2,20,21,22);1H. The van der Waals surface area contributed by atoms with Crippen molar-refractivity contribution in [1.82, 2.24) is 15.5 Å². The van der Waals surface area contributed by atoms with Crippen LogP contribution in [-0.4, -0.2) is 56.7 Å². The minimum Gasteiger partial charge on any atom is -0.488 e. The van der Waals surface area contributed by atoms with Crippen molar-refractivity contribution in [2.45, 2.75) is 32.3 Å². The SMILES string of the molecule is CCN1CCCC(CNC(=NC)NCC2Cc3ccccc3O2)C1.I. The Labute approximate surface area is 168 Å². The van der Waals surface area contributed by atoms with Gasteiger partial charge in [0, 0.05) is 26.6 Å². The van der Waals surface area contributed by atoms with Gasteiger partial charge in [-0.1, -0.05) is 25.1 Å². The molecule has 5 nitrogen and oxygen atoms in total. The molecule has 0 bridgehead atoms. The molecule has 1 fully saturated rings. The molecular formula is C19H31IN4O. The molecule has 0 amide bonds. The summed E-state index contributed by atoms with van der Waals surface area (Å²) in [4.78, 5) is 6.88. The fraction of sp³-hybridized carbons (Fsp3) is 0.632.